The van der Waals surface area contributed by atoms with Gasteiger partial charge in [-0.1, -0.05) is 23.8 Å². The highest BCUT2D eigenvalue weighted by molar-refractivity contribution is 5.99. The van der Waals surface area contributed by atoms with Crippen LogP contribution in [0.1, 0.15) is 21.5 Å². The van der Waals surface area contributed by atoms with Crippen molar-refractivity contribution in [1.82, 2.24) is 5.32 Å². The minimum Gasteiger partial charge on any atom is -0.379 e. The van der Waals surface area contributed by atoms with E-state index in [0.717, 1.165) is 11.1 Å². The Balaban J connectivity index is 2.24. The van der Waals surface area contributed by atoms with Crippen LogP contribution in [0.4, 0.5) is 0 Å². The van der Waals surface area contributed by atoms with Gasteiger partial charge in [0.2, 0.25) is 0 Å². The molecule has 1 aromatic carbocycles. The molecule has 0 aliphatic carbocycles. The summed E-state index contributed by atoms with van der Waals surface area (Å²) < 4.78 is 5.38. The van der Waals surface area contributed by atoms with Gasteiger partial charge in [-0.25, -0.2) is 0 Å². The molecule has 1 aromatic rings. The number of likely N-dealkylation sites (N-methyl/N-ethyl adjacent to an activating group) is 1. The van der Waals surface area contributed by atoms with E-state index >= 15 is 0 Å². The molecule has 1 saturated heterocycles. The molecule has 1 heterocycles. The Kier molecular flexibility index (Phi) is 3.60. The number of ketones is 1. The van der Waals surface area contributed by atoms with Crippen molar-refractivity contribution in [3.05, 3.63) is 34.9 Å². The normalized spacial score (nSPS) is 23.9. The quantitative estimate of drug-likeness (QED) is 0.808. The number of carbonyl (C=O) groups is 1. The second-order valence-corrected chi connectivity index (χ2v) is 4.72. The predicted octanol–water partition coefficient (Wildman–Crippen LogP) is 1.72. The molecule has 1 aliphatic heterocycles. The van der Waals surface area contributed by atoms with E-state index in [4.69, 9.17) is 4.74 Å². The maximum atomic E-state index is 12.4. The topological polar surface area (TPSA) is 38.3 Å². The van der Waals surface area contributed by atoms with Crippen LogP contribution >= 0.6 is 0 Å². The number of hydrogen-bond donors (Lipinski definition) is 1. The van der Waals surface area contributed by atoms with Crippen molar-refractivity contribution in [2.45, 2.75) is 19.9 Å². The summed E-state index contributed by atoms with van der Waals surface area (Å²) in [4.78, 5) is 12.4. The Morgan fingerprint density at radius 1 is 1.35 bits per heavy atom. The number of carbonyl (C=O) groups excluding carboxylic acids is 1. The van der Waals surface area contributed by atoms with E-state index in [1.807, 2.05) is 33.0 Å². The van der Waals surface area contributed by atoms with Gasteiger partial charge in [0.25, 0.3) is 0 Å². The average Bonchev–Trinajstić information content (AvgIpc) is 2.76. The fraction of sp³-hybridized carbons (Fsp3) is 0.500. The summed E-state index contributed by atoms with van der Waals surface area (Å²) in [6, 6.07) is 6.11. The van der Waals surface area contributed by atoms with Gasteiger partial charge in [-0.05, 0) is 26.5 Å². The van der Waals surface area contributed by atoms with Gasteiger partial charge in [-0.15, -0.1) is 0 Å². The maximum absolute atomic E-state index is 12.4. The molecule has 2 unspecified atom stereocenters. The second kappa shape index (κ2) is 4.98. The van der Waals surface area contributed by atoms with E-state index in [1.54, 1.807) is 0 Å². The monoisotopic (exact) mass is 233 g/mol. The molecule has 1 fully saturated rings. The standard InChI is InChI=1S/C14H19NO2/c1-9-4-5-11(10(2)6-9)14(16)12-7-17-8-13(12)15-3/h4-6,12-13,15H,7-8H2,1-3H3. The molecule has 0 aromatic heterocycles. The molecule has 3 nitrogen and oxygen atoms in total. The lowest BCUT2D eigenvalue weighted by Crippen LogP contribution is -2.37. The zero-order valence-corrected chi connectivity index (χ0v) is 10.6. The van der Waals surface area contributed by atoms with E-state index in [-0.39, 0.29) is 17.7 Å². The van der Waals surface area contributed by atoms with E-state index in [9.17, 15) is 4.79 Å². The zero-order valence-electron chi connectivity index (χ0n) is 10.6. The summed E-state index contributed by atoms with van der Waals surface area (Å²) in [7, 11) is 1.88. The summed E-state index contributed by atoms with van der Waals surface area (Å²) in [5, 5.41) is 3.15. The molecular weight excluding hydrogens is 214 g/mol. The molecule has 0 saturated carbocycles. The highest BCUT2D eigenvalue weighted by Gasteiger charge is 2.33. The smallest absolute Gasteiger partial charge is 0.170 e. The molecular formula is C14H19NO2. The van der Waals surface area contributed by atoms with Crippen molar-refractivity contribution in [2.75, 3.05) is 20.3 Å². The van der Waals surface area contributed by atoms with Crippen LogP contribution in [-0.2, 0) is 4.74 Å². The van der Waals surface area contributed by atoms with Crippen LogP contribution in [0.15, 0.2) is 18.2 Å². The predicted molar refractivity (Wildman–Crippen MR) is 67.4 cm³/mol. The first-order chi connectivity index (χ1) is 8.13. The molecule has 0 spiro atoms. The number of nitrogens with one attached hydrogen (secondary N) is 1. The Bertz CT molecular complexity index is 428. The minimum absolute atomic E-state index is 0.0543. The van der Waals surface area contributed by atoms with Crippen LogP contribution in [0.3, 0.4) is 0 Å². The maximum Gasteiger partial charge on any atom is 0.170 e. The molecule has 0 radical (unpaired) electrons. The first-order valence-electron chi connectivity index (χ1n) is 6.00. The van der Waals surface area contributed by atoms with Gasteiger partial charge in [-0.3, -0.25) is 4.79 Å². The number of rotatable bonds is 3. The molecule has 0 bridgehead atoms. The molecule has 92 valence electrons. The van der Waals surface area contributed by atoms with Crippen molar-refractivity contribution in [3.8, 4) is 0 Å². The lowest BCUT2D eigenvalue weighted by atomic mass is 9.90. The number of aryl methyl sites for hydroxylation is 2. The number of benzene rings is 1. The highest BCUT2D eigenvalue weighted by atomic mass is 16.5. The molecule has 1 aliphatic rings. The molecule has 3 heteroatoms. The summed E-state index contributed by atoms with van der Waals surface area (Å²) in [5.41, 5.74) is 3.06. The highest BCUT2D eigenvalue weighted by Crippen LogP contribution is 2.21. The van der Waals surface area contributed by atoms with E-state index in [1.165, 1.54) is 5.56 Å². The van der Waals surface area contributed by atoms with Gasteiger partial charge < -0.3 is 10.1 Å². The average molecular weight is 233 g/mol. The SMILES string of the molecule is CNC1COCC1C(=O)c1ccc(C)cc1C. The van der Waals surface area contributed by atoms with E-state index in [2.05, 4.69) is 11.4 Å². The largest absolute Gasteiger partial charge is 0.379 e. The van der Waals surface area contributed by atoms with Gasteiger partial charge in [0, 0.05) is 11.6 Å². The molecule has 1 N–H and O–H groups in total. The summed E-state index contributed by atoms with van der Waals surface area (Å²) in [6.45, 7) is 5.18. The summed E-state index contributed by atoms with van der Waals surface area (Å²) in [6.07, 6.45) is 0. The van der Waals surface area contributed by atoms with Crippen molar-refractivity contribution in [3.63, 3.8) is 0 Å². The lowest BCUT2D eigenvalue weighted by molar-refractivity contribution is 0.0892. The van der Waals surface area contributed by atoms with E-state index < -0.39 is 0 Å². The van der Waals surface area contributed by atoms with Crippen LogP contribution in [0, 0.1) is 19.8 Å². The number of hydrogen-bond acceptors (Lipinski definition) is 3. The first-order valence-corrected chi connectivity index (χ1v) is 6.00. The Hall–Kier alpha value is -1.19. The third-order valence-electron chi connectivity index (χ3n) is 3.44. The van der Waals surface area contributed by atoms with Gasteiger partial charge >= 0.3 is 0 Å². The van der Waals surface area contributed by atoms with Gasteiger partial charge in [0.05, 0.1) is 19.1 Å². The van der Waals surface area contributed by atoms with Crippen molar-refractivity contribution in [2.24, 2.45) is 5.92 Å². The Labute approximate surface area is 102 Å². The first kappa shape index (κ1) is 12.3. The van der Waals surface area contributed by atoms with Crippen molar-refractivity contribution in [1.29, 1.82) is 0 Å². The third kappa shape index (κ3) is 2.40. The Morgan fingerprint density at radius 3 is 2.76 bits per heavy atom. The Morgan fingerprint density at radius 2 is 2.12 bits per heavy atom. The fourth-order valence-electron chi connectivity index (χ4n) is 2.39. The van der Waals surface area contributed by atoms with Crippen molar-refractivity contribution >= 4 is 5.78 Å². The number of Topliss-reactive ketones (excluding diaryl/α,β-unsaturated/α-hetero) is 1. The zero-order chi connectivity index (χ0) is 12.4. The van der Waals surface area contributed by atoms with Crippen molar-refractivity contribution < 1.29 is 9.53 Å². The van der Waals surface area contributed by atoms with E-state index in [0.29, 0.717) is 13.2 Å². The van der Waals surface area contributed by atoms with Crippen LogP contribution in [0.5, 0.6) is 0 Å². The fourth-order valence-corrected chi connectivity index (χ4v) is 2.39. The molecule has 2 atom stereocenters. The third-order valence-corrected chi connectivity index (χ3v) is 3.44. The van der Waals surface area contributed by atoms with Gasteiger partial charge in [0.1, 0.15) is 0 Å². The van der Waals surface area contributed by atoms with Crippen LogP contribution in [-0.4, -0.2) is 32.1 Å². The minimum atomic E-state index is -0.0543. The van der Waals surface area contributed by atoms with Crippen LogP contribution < -0.4 is 5.32 Å². The van der Waals surface area contributed by atoms with Crippen LogP contribution in [0.25, 0.3) is 0 Å². The second-order valence-electron chi connectivity index (χ2n) is 4.72. The molecule has 2 rings (SSSR count). The summed E-state index contributed by atoms with van der Waals surface area (Å²) >= 11 is 0. The van der Waals surface area contributed by atoms with Gasteiger partial charge in [0.15, 0.2) is 5.78 Å². The summed E-state index contributed by atoms with van der Waals surface area (Å²) in [5.74, 6) is 0.140. The molecule has 17 heavy (non-hydrogen) atoms. The van der Waals surface area contributed by atoms with Gasteiger partial charge in [-0.2, -0.15) is 0 Å². The molecule has 0 amide bonds. The van der Waals surface area contributed by atoms with Crippen LogP contribution in [0.2, 0.25) is 0 Å². The lowest BCUT2D eigenvalue weighted by Gasteiger charge is -2.16. The number of ether oxygens (including phenoxy) is 1.